The number of ether oxygens (including phenoxy) is 1. The number of aromatic amines is 1. The van der Waals surface area contributed by atoms with Crippen molar-refractivity contribution in [1.29, 1.82) is 0 Å². The number of benzene rings is 2. The van der Waals surface area contributed by atoms with Crippen LogP contribution in [0.2, 0.25) is 10.0 Å². The minimum Gasteiger partial charge on any atom is -0.497 e. The molecule has 3 aromatic rings. The maximum Gasteiger partial charge on any atom is 0.140 e. The first-order chi connectivity index (χ1) is 9.58. The highest BCUT2D eigenvalue weighted by molar-refractivity contribution is 6.35. The van der Waals surface area contributed by atoms with Crippen molar-refractivity contribution in [3.05, 3.63) is 40.4 Å². The molecule has 3 N–H and O–H groups in total. The van der Waals surface area contributed by atoms with Gasteiger partial charge in [0.2, 0.25) is 0 Å². The summed E-state index contributed by atoms with van der Waals surface area (Å²) in [6, 6.07) is 8.80. The molecule has 0 saturated carbocycles. The van der Waals surface area contributed by atoms with E-state index in [4.69, 9.17) is 33.7 Å². The highest BCUT2D eigenvalue weighted by Gasteiger charge is 2.12. The van der Waals surface area contributed by atoms with Gasteiger partial charge in [-0.2, -0.15) is 0 Å². The molecular weight excluding hydrogens is 297 g/mol. The molecular formula is C14H11Cl2N3O. The fraction of sp³-hybridized carbons (Fsp3) is 0.0714. The molecule has 0 aliphatic carbocycles. The quantitative estimate of drug-likeness (QED) is 0.700. The summed E-state index contributed by atoms with van der Waals surface area (Å²) in [4.78, 5) is 7.66. The Morgan fingerprint density at radius 3 is 2.70 bits per heavy atom. The molecule has 20 heavy (non-hydrogen) atoms. The van der Waals surface area contributed by atoms with E-state index in [9.17, 15) is 0 Å². The fourth-order valence-electron chi connectivity index (χ4n) is 2.02. The molecule has 0 amide bonds. The molecule has 102 valence electrons. The summed E-state index contributed by atoms with van der Waals surface area (Å²) in [5.41, 5.74) is 8.59. The number of methoxy groups -OCH3 is 1. The van der Waals surface area contributed by atoms with E-state index in [-0.39, 0.29) is 0 Å². The predicted molar refractivity (Wildman–Crippen MR) is 82.5 cm³/mol. The Bertz CT molecular complexity index is 798. The van der Waals surface area contributed by atoms with Crippen LogP contribution in [0.1, 0.15) is 0 Å². The highest BCUT2D eigenvalue weighted by atomic mass is 35.5. The number of fused-ring (bicyclic) bond motifs is 1. The fourth-order valence-corrected chi connectivity index (χ4v) is 2.48. The first-order valence-corrected chi connectivity index (χ1v) is 6.62. The molecule has 1 aromatic heterocycles. The van der Waals surface area contributed by atoms with E-state index in [0.717, 1.165) is 11.1 Å². The van der Waals surface area contributed by atoms with E-state index in [2.05, 4.69) is 9.97 Å². The van der Waals surface area contributed by atoms with Gasteiger partial charge in [0.05, 0.1) is 22.7 Å². The van der Waals surface area contributed by atoms with Crippen LogP contribution in [-0.4, -0.2) is 17.1 Å². The highest BCUT2D eigenvalue weighted by Crippen LogP contribution is 2.33. The van der Waals surface area contributed by atoms with Crippen LogP contribution in [-0.2, 0) is 0 Å². The molecule has 0 unspecified atom stereocenters. The Morgan fingerprint density at radius 1 is 1.15 bits per heavy atom. The number of halogens is 2. The number of hydrogen-bond donors (Lipinski definition) is 2. The van der Waals surface area contributed by atoms with E-state index < -0.39 is 0 Å². The molecule has 0 atom stereocenters. The monoisotopic (exact) mass is 307 g/mol. The number of anilines is 1. The van der Waals surface area contributed by atoms with Crippen molar-refractivity contribution < 1.29 is 4.74 Å². The number of nitrogen functional groups attached to an aromatic ring is 1. The van der Waals surface area contributed by atoms with Crippen molar-refractivity contribution in [2.75, 3.05) is 12.8 Å². The van der Waals surface area contributed by atoms with Crippen molar-refractivity contribution in [3.63, 3.8) is 0 Å². The SMILES string of the molecule is COc1cc(Cl)c2nc(-c3cc(N)ccc3Cl)[nH]c2c1. The van der Waals surface area contributed by atoms with E-state index in [1.165, 1.54) is 0 Å². The smallest absolute Gasteiger partial charge is 0.140 e. The molecule has 0 radical (unpaired) electrons. The standard InChI is InChI=1S/C14H11Cl2N3O/c1-20-8-5-11(16)13-12(6-8)18-14(19-13)9-4-7(17)2-3-10(9)15/h2-6H,17H2,1H3,(H,18,19). The lowest BCUT2D eigenvalue weighted by Crippen LogP contribution is -1.87. The van der Waals surface area contributed by atoms with Crippen LogP contribution >= 0.6 is 23.2 Å². The van der Waals surface area contributed by atoms with Crippen LogP contribution in [0.4, 0.5) is 5.69 Å². The molecule has 0 saturated heterocycles. The van der Waals surface area contributed by atoms with Crippen LogP contribution in [0.15, 0.2) is 30.3 Å². The van der Waals surface area contributed by atoms with Crippen LogP contribution in [0, 0.1) is 0 Å². The first kappa shape index (κ1) is 13.1. The summed E-state index contributed by atoms with van der Waals surface area (Å²) in [7, 11) is 1.59. The molecule has 0 aliphatic heterocycles. The Balaban J connectivity index is 2.22. The second-order valence-electron chi connectivity index (χ2n) is 4.33. The Kier molecular flexibility index (Phi) is 3.20. The van der Waals surface area contributed by atoms with Gasteiger partial charge in [0.25, 0.3) is 0 Å². The van der Waals surface area contributed by atoms with Crippen LogP contribution in [0.25, 0.3) is 22.4 Å². The second-order valence-corrected chi connectivity index (χ2v) is 5.14. The number of H-pyrrole nitrogens is 1. The first-order valence-electron chi connectivity index (χ1n) is 5.87. The average Bonchev–Trinajstić information content (AvgIpc) is 2.85. The van der Waals surface area contributed by atoms with E-state index in [1.54, 1.807) is 31.4 Å². The lowest BCUT2D eigenvalue weighted by Gasteiger charge is -2.01. The van der Waals surface area contributed by atoms with Gasteiger partial charge in [-0.15, -0.1) is 0 Å². The van der Waals surface area contributed by atoms with Crippen LogP contribution in [0.3, 0.4) is 0 Å². The number of rotatable bonds is 2. The van der Waals surface area contributed by atoms with Crippen molar-refractivity contribution in [2.24, 2.45) is 0 Å². The number of hydrogen-bond acceptors (Lipinski definition) is 3. The number of nitrogens with two attached hydrogens (primary N) is 1. The van der Waals surface area contributed by atoms with Gasteiger partial charge in [0, 0.05) is 23.4 Å². The zero-order valence-electron chi connectivity index (χ0n) is 10.6. The normalized spacial score (nSPS) is 10.9. The Hall–Kier alpha value is -1.91. The van der Waals surface area contributed by atoms with E-state index in [1.807, 2.05) is 6.07 Å². The van der Waals surface area contributed by atoms with Gasteiger partial charge >= 0.3 is 0 Å². The van der Waals surface area contributed by atoms with Gasteiger partial charge in [0.15, 0.2) is 0 Å². The second kappa shape index (κ2) is 4.89. The van der Waals surface area contributed by atoms with Crippen molar-refractivity contribution in [3.8, 4) is 17.1 Å². The van der Waals surface area contributed by atoms with Gasteiger partial charge in [-0.1, -0.05) is 23.2 Å². The molecule has 0 aliphatic rings. The summed E-state index contributed by atoms with van der Waals surface area (Å²) in [6.07, 6.45) is 0. The van der Waals surface area contributed by atoms with Gasteiger partial charge in [-0.25, -0.2) is 4.98 Å². The van der Waals surface area contributed by atoms with Crippen molar-refractivity contribution in [2.45, 2.75) is 0 Å². The summed E-state index contributed by atoms with van der Waals surface area (Å²) in [6.45, 7) is 0. The number of nitrogens with one attached hydrogen (secondary N) is 1. The van der Waals surface area contributed by atoms with Crippen molar-refractivity contribution in [1.82, 2.24) is 9.97 Å². The lowest BCUT2D eigenvalue weighted by molar-refractivity contribution is 0.415. The van der Waals surface area contributed by atoms with Crippen LogP contribution < -0.4 is 10.5 Å². The molecule has 0 spiro atoms. The zero-order chi connectivity index (χ0) is 14.3. The summed E-state index contributed by atoms with van der Waals surface area (Å²) >= 11 is 12.4. The maximum atomic E-state index is 6.19. The lowest BCUT2D eigenvalue weighted by atomic mass is 10.2. The number of imidazole rings is 1. The van der Waals surface area contributed by atoms with Gasteiger partial charge in [-0.3, -0.25) is 0 Å². The van der Waals surface area contributed by atoms with E-state index >= 15 is 0 Å². The average molecular weight is 308 g/mol. The maximum absolute atomic E-state index is 6.19. The Morgan fingerprint density at radius 2 is 1.95 bits per heavy atom. The zero-order valence-corrected chi connectivity index (χ0v) is 12.1. The third-order valence-corrected chi connectivity index (χ3v) is 3.61. The predicted octanol–water partition coefficient (Wildman–Crippen LogP) is 4.13. The Labute approximate surface area is 125 Å². The minimum atomic E-state index is 0.516. The number of nitrogens with zero attached hydrogens (tertiary/aromatic N) is 1. The van der Waals surface area contributed by atoms with Gasteiger partial charge in [0.1, 0.15) is 17.1 Å². The molecule has 2 aromatic carbocycles. The number of aromatic nitrogens is 2. The van der Waals surface area contributed by atoms with Crippen molar-refractivity contribution >= 4 is 39.9 Å². The largest absolute Gasteiger partial charge is 0.497 e. The molecule has 4 nitrogen and oxygen atoms in total. The minimum absolute atomic E-state index is 0.516. The summed E-state index contributed by atoms with van der Waals surface area (Å²) < 4.78 is 5.18. The van der Waals surface area contributed by atoms with Gasteiger partial charge < -0.3 is 15.5 Å². The summed E-state index contributed by atoms with van der Waals surface area (Å²) in [5.74, 6) is 1.28. The third-order valence-electron chi connectivity index (χ3n) is 2.99. The topological polar surface area (TPSA) is 63.9 Å². The summed E-state index contributed by atoms with van der Waals surface area (Å²) in [5, 5.41) is 1.09. The molecule has 3 rings (SSSR count). The molecule has 0 bridgehead atoms. The molecule has 0 fully saturated rings. The third kappa shape index (κ3) is 2.17. The van der Waals surface area contributed by atoms with E-state index in [0.29, 0.717) is 32.8 Å². The molecule has 1 heterocycles. The van der Waals surface area contributed by atoms with Crippen LogP contribution in [0.5, 0.6) is 5.75 Å². The van der Waals surface area contributed by atoms with Gasteiger partial charge in [-0.05, 0) is 18.2 Å². The molecule has 6 heteroatoms.